The Morgan fingerprint density at radius 1 is 1.37 bits per heavy atom. The van der Waals surface area contributed by atoms with Gasteiger partial charge in [-0.3, -0.25) is 0 Å². The van der Waals surface area contributed by atoms with Crippen molar-refractivity contribution in [2.24, 2.45) is 5.41 Å². The summed E-state index contributed by atoms with van der Waals surface area (Å²) >= 11 is 3.32. The van der Waals surface area contributed by atoms with Crippen LogP contribution in [0, 0.1) is 22.6 Å². The molecule has 2 nitrogen and oxygen atoms in total. The van der Waals surface area contributed by atoms with Crippen LogP contribution in [-0.2, 0) is 5.33 Å². The molecule has 0 bridgehead atoms. The van der Waals surface area contributed by atoms with Crippen LogP contribution in [0.3, 0.4) is 0 Å². The van der Waals surface area contributed by atoms with Crippen LogP contribution in [0.5, 0.6) is 5.75 Å². The minimum Gasteiger partial charge on any atom is -0.493 e. The van der Waals surface area contributed by atoms with E-state index in [-0.39, 0.29) is 11.2 Å². The number of unbranched alkanes of at least 4 members (excludes halogenated alkanes) is 1. The van der Waals surface area contributed by atoms with Crippen LogP contribution in [0.2, 0.25) is 0 Å². The quantitative estimate of drug-likeness (QED) is 0.531. The fourth-order valence-corrected chi connectivity index (χ4v) is 2.14. The molecule has 0 aromatic heterocycles. The lowest BCUT2D eigenvalue weighted by Gasteiger charge is -2.15. The highest BCUT2D eigenvalue weighted by atomic mass is 79.9. The second-order valence-corrected chi connectivity index (χ2v) is 5.75. The Balaban J connectivity index is 2.36. The number of nitriles is 1. The van der Waals surface area contributed by atoms with Crippen molar-refractivity contribution in [1.82, 2.24) is 0 Å². The molecule has 0 fully saturated rings. The molecule has 0 unspecified atom stereocenters. The molecule has 0 aliphatic carbocycles. The number of benzene rings is 1. The molecule has 0 aliphatic rings. The Kier molecular flexibility index (Phi) is 6.30. The first-order valence-electron chi connectivity index (χ1n) is 6.37. The third-order valence-corrected chi connectivity index (χ3v) is 3.53. The molecule has 1 aromatic rings. The molecule has 0 saturated heterocycles. The standard InChI is InChI=1S/C15H19BrFNO/c1-15(2,11-18)7-3-4-8-19-14-6-5-13(17)9-12(14)10-16/h5-6,9H,3-4,7-8,10H2,1-2H3. The van der Waals surface area contributed by atoms with Gasteiger partial charge in [-0.15, -0.1) is 0 Å². The van der Waals surface area contributed by atoms with Gasteiger partial charge in [0.25, 0.3) is 0 Å². The maximum absolute atomic E-state index is 13.0. The minimum absolute atomic E-state index is 0.252. The molecule has 4 heteroatoms. The molecule has 104 valence electrons. The van der Waals surface area contributed by atoms with Crippen molar-refractivity contribution in [3.63, 3.8) is 0 Å². The summed E-state index contributed by atoms with van der Waals surface area (Å²) < 4.78 is 18.7. The van der Waals surface area contributed by atoms with Crippen molar-refractivity contribution in [3.05, 3.63) is 29.6 Å². The van der Waals surface area contributed by atoms with Crippen LogP contribution in [0.15, 0.2) is 18.2 Å². The number of rotatable bonds is 7. The fourth-order valence-electron chi connectivity index (χ4n) is 1.70. The molecule has 0 heterocycles. The number of ether oxygens (including phenoxy) is 1. The molecule has 0 saturated carbocycles. The zero-order valence-electron chi connectivity index (χ0n) is 11.4. The molecule has 0 spiro atoms. The van der Waals surface area contributed by atoms with Crippen molar-refractivity contribution in [2.45, 2.75) is 38.4 Å². The van der Waals surface area contributed by atoms with Gasteiger partial charge in [-0.25, -0.2) is 4.39 Å². The summed E-state index contributed by atoms with van der Waals surface area (Å²) in [6, 6.07) is 6.82. The van der Waals surface area contributed by atoms with Crippen molar-refractivity contribution in [1.29, 1.82) is 5.26 Å². The molecule has 1 aromatic carbocycles. The lowest BCUT2D eigenvalue weighted by Crippen LogP contribution is -2.08. The van der Waals surface area contributed by atoms with Crippen molar-refractivity contribution < 1.29 is 9.13 Å². The van der Waals surface area contributed by atoms with Gasteiger partial charge in [0.15, 0.2) is 0 Å². The minimum atomic E-state index is -0.267. The summed E-state index contributed by atoms with van der Waals surface area (Å²) in [7, 11) is 0. The van der Waals surface area contributed by atoms with E-state index in [9.17, 15) is 4.39 Å². The topological polar surface area (TPSA) is 33.0 Å². The Morgan fingerprint density at radius 2 is 2.11 bits per heavy atom. The van der Waals surface area contributed by atoms with Gasteiger partial charge in [0.05, 0.1) is 18.1 Å². The third kappa shape index (κ3) is 5.61. The van der Waals surface area contributed by atoms with E-state index in [1.54, 1.807) is 6.07 Å². The highest BCUT2D eigenvalue weighted by Gasteiger charge is 2.15. The number of hydrogen-bond acceptors (Lipinski definition) is 2. The van der Waals surface area contributed by atoms with Crippen LogP contribution in [-0.4, -0.2) is 6.61 Å². The monoisotopic (exact) mass is 327 g/mol. The zero-order chi connectivity index (χ0) is 14.3. The number of alkyl halides is 1. The summed E-state index contributed by atoms with van der Waals surface area (Å²) in [5.74, 6) is 0.468. The van der Waals surface area contributed by atoms with Crippen LogP contribution < -0.4 is 4.74 Å². The highest BCUT2D eigenvalue weighted by Crippen LogP contribution is 2.24. The van der Waals surface area contributed by atoms with Gasteiger partial charge in [-0.05, 0) is 51.3 Å². The van der Waals surface area contributed by atoms with E-state index in [0.717, 1.165) is 30.6 Å². The maximum Gasteiger partial charge on any atom is 0.123 e. The van der Waals surface area contributed by atoms with Crippen molar-refractivity contribution in [2.75, 3.05) is 6.61 Å². The smallest absolute Gasteiger partial charge is 0.123 e. The van der Waals surface area contributed by atoms with Gasteiger partial charge in [0, 0.05) is 10.9 Å². The Labute approximate surface area is 122 Å². The van der Waals surface area contributed by atoms with E-state index in [4.69, 9.17) is 10.00 Å². The Hall–Kier alpha value is -1.08. The zero-order valence-corrected chi connectivity index (χ0v) is 13.0. The van der Waals surface area contributed by atoms with E-state index in [0.29, 0.717) is 11.9 Å². The summed E-state index contributed by atoms with van der Waals surface area (Å²) in [6.45, 7) is 4.47. The van der Waals surface area contributed by atoms with E-state index < -0.39 is 0 Å². The summed E-state index contributed by atoms with van der Waals surface area (Å²) in [5.41, 5.74) is 0.550. The number of halogens is 2. The number of hydrogen-bond donors (Lipinski definition) is 0. The van der Waals surface area contributed by atoms with E-state index >= 15 is 0 Å². The molecular formula is C15H19BrFNO. The first kappa shape index (κ1) is 16.0. The van der Waals surface area contributed by atoms with Crippen LogP contribution >= 0.6 is 15.9 Å². The van der Waals surface area contributed by atoms with Crippen molar-refractivity contribution in [3.8, 4) is 11.8 Å². The summed E-state index contributed by atoms with van der Waals surface area (Å²) in [6.07, 6.45) is 2.71. The van der Waals surface area contributed by atoms with Crippen molar-refractivity contribution >= 4 is 15.9 Å². The predicted molar refractivity (Wildman–Crippen MR) is 77.8 cm³/mol. The second kappa shape index (κ2) is 7.49. The largest absolute Gasteiger partial charge is 0.493 e. The van der Waals surface area contributed by atoms with Gasteiger partial charge < -0.3 is 4.74 Å². The summed E-state index contributed by atoms with van der Waals surface area (Å²) in [5, 5.41) is 9.47. The summed E-state index contributed by atoms with van der Waals surface area (Å²) in [4.78, 5) is 0. The number of nitrogens with zero attached hydrogens (tertiary/aromatic N) is 1. The van der Waals surface area contributed by atoms with Crippen LogP contribution in [0.25, 0.3) is 0 Å². The third-order valence-electron chi connectivity index (χ3n) is 2.92. The molecule has 0 radical (unpaired) electrons. The average Bonchev–Trinajstić information content (AvgIpc) is 2.39. The average molecular weight is 328 g/mol. The lowest BCUT2D eigenvalue weighted by atomic mass is 9.89. The SMILES string of the molecule is CC(C)(C#N)CCCCOc1ccc(F)cc1CBr. The molecule has 0 N–H and O–H groups in total. The van der Waals surface area contributed by atoms with Gasteiger partial charge in [0.1, 0.15) is 11.6 Å². The van der Waals surface area contributed by atoms with E-state index in [1.165, 1.54) is 12.1 Å². The van der Waals surface area contributed by atoms with Gasteiger partial charge in [-0.1, -0.05) is 15.9 Å². The first-order valence-corrected chi connectivity index (χ1v) is 7.49. The second-order valence-electron chi connectivity index (χ2n) is 5.19. The van der Waals surface area contributed by atoms with Crippen LogP contribution in [0.1, 0.15) is 38.7 Å². The Morgan fingerprint density at radius 3 is 2.74 bits per heavy atom. The van der Waals surface area contributed by atoms with Gasteiger partial charge in [0.2, 0.25) is 0 Å². The first-order chi connectivity index (χ1) is 8.98. The molecular weight excluding hydrogens is 309 g/mol. The maximum atomic E-state index is 13.0. The lowest BCUT2D eigenvalue weighted by molar-refractivity contribution is 0.292. The molecule has 19 heavy (non-hydrogen) atoms. The van der Waals surface area contributed by atoms with E-state index in [1.807, 2.05) is 13.8 Å². The molecule has 0 atom stereocenters. The van der Waals surface area contributed by atoms with Gasteiger partial charge in [-0.2, -0.15) is 5.26 Å². The van der Waals surface area contributed by atoms with Gasteiger partial charge >= 0.3 is 0 Å². The normalized spacial score (nSPS) is 11.1. The molecule has 0 aliphatic heterocycles. The Bertz CT molecular complexity index is 454. The fraction of sp³-hybridized carbons (Fsp3) is 0.533. The predicted octanol–water partition coefficient (Wildman–Crippen LogP) is 4.82. The van der Waals surface area contributed by atoms with E-state index in [2.05, 4.69) is 22.0 Å². The van der Waals surface area contributed by atoms with Crippen LogP contribution in [0.4, 0.5) is 4.39 Å². The highest BCUT2D eigenvalue weighted by molar-refractivity contribution is 9.08. The molecule has 0 amide bonds. The molecule has 1 rings (SSSR count).